The van der Waals surface area contributed by atoms with E-state index in [4.69, 9.17) is 5.26 Å². The first kappa shape index (κ1) is 8.73. The van der Waals surface area contributed by atoms with E-state index in [1.807, 2.05) is 6.07 Å². The van der Waals surface area contributed by atoms with Crippen LogP contribution in [0, 0.1) is 11.3 Å². The highest BCUT2D eigenvalue weighted by atomic mass is 32.1. The van der Waals surface area contributed by atoms with Crippen LogP contribution >= 0.6 is 11.3 Å². The predicted octanol–water partition coefficient (Wildman–Crippen LogP) is 2.29. The van der Waals surface area contributed by atoms with Crippen molar-refractivity contribution in [3.05, 3.63) is 28.6 Å². The van der Waals surface area contributed by atoms with Crippen molar-refractivity contribution in [3.8, 4) is 11.8 Å². The lowest BCUT2D eigenvalue weighted by Crippen LogP contribution is -1.73. The molecule has 1 aromatic heterocycles. The number of phenols is 1. The van der Waals surface area contributed by atoms with E-state index in [9.17, 15) is 9.90 Å². The third-order valence-corrected chi connectivity index (χ3v) is 2.89. The Labute approximate surface area is 83.8 Å². The molecule has 0 aliphatic carbocycles. The molecule has 0 aliphatic heterocycles. The molecule has 2 rings (SSSR count). The van der Waals surface area contributed by atoms with Crippen LogP contribution in [0.5, 0.6) is 5.75 Å². The minimum absolute atomic E-state index is 0.0448. The fraction of sp³-hybridized carbons (Fsp3) is 0. The second kappa shape index (κ2) is 3.13. The van der Waals surface area contributed by atoms with Gasteiger partial charge in [-0.3, -0.25) is 4.79 Å². The molecular weight excluding hydrogens is 198 g/mol. The van der Waals surface area contributed by atoms with E-state index in [1.165, 1.54) is 17.4 Å². The Morgan fingerprint density at radius 1 is 1.43 bits per heavy atom. The lowest BCUT2D eigenvalue weighted by atomic mass is 10.1. The average Bonchev–Trinajstić information content (AvgIpc) is 2.61. The normalized spacial score (nSPS) is 9.93. The van der Waals surface area contributed by atoms with Crippen molar-refractivity contribution < 1.29 is 9.90 Å². The van der Waals surface area contributed by atoms with Crippen LogP contribution in [-0.4, -0.2) is 11.4 Å². The molecule has 1 aromatic carbocycles. The summed E-state index contributed by atoms with van der Waals surface area (Å²) in [4.78, 5) is 11.1. The average molecular weight is 203 g/mol. The van der Waals surface area contributed by atoms with Gasteiger partial charge in [0, 0.05) is 10.1 Å². The molecule has 1 N–H and O–H groups in total. The Bertz CT molecular complexity index is 551. The Hall–Kier alpha value is -1.86. The summed E-state index contributed by atoms with van der Waals surface area (Å²) >= 11 is 1.26. The number of aldehydes is 1. The smallest absolute Gasteiger partial charge is 0.160 e. The molecule has 0 unspecified atom stereocenters. The minimum Gasteiger partial charge on any atom is -0.507 e. The molecule has 0 bridgehead atoms. The summed E-state index contributed by atoms with van der Waals surface area (Å²) in [6, 6.07) is 6.61. The van der Waals surface area contributed by atoms with Crippen molar-refractivity contribution in [1.29, 1.82) is 5.26 Å². The fourth-order valence-corrected chi connectivity index (χ4v) is 2.20. The summed E-state index contributed by atoms with van der Waals surface area (Å²) in [5.74, 6) is 0.0448. The lowest BCUT2D eigenvalue weighted by molar-refractivity contribution is 0.112. The Kier molecular flexibility index (Phi) is 1.95. The van der Waals surface area contributed by atoms with Crippen molar-refractivity contribution in [2.45, 2.75) is 0 Å². The van der Waals surface area contributed by atoms with Gasteiger partial charge in [-0.15, -0.1) is 11.3 Å². The van der Waals surface area contributed by atoms with Gasteiger partial charge in [0.25, 0.3) is 0 Å². The van der Waals surface area contributed by atoms with Crippen molar-refractivity contribution >= 4 is 27.7 Å². The van der Waals surface area contributed by atoms with Gasteiger partial charge < -0.3 is 5.11 Å². The summed E-state index contributed by atoms with van der Waals surface area (Å²) in [6.45, 7) is 0. The molecule has 4 heteroatoms. The molecule has 0 amide bonds. The first-order valence-corrected chi connectivity index (χ1v) is 4.68. The van der Waals surface area contributed by atoms with Gasteiger partial charge in [-0.05, 0) is 18.2 Å². The summed E-state index contributed by atoms with van der Waals surface area (Å²) in [5, 5.41) is 18.8. The third kappa shape index (κ3) is 1.24. The van der Waals surface area contributed by atoms with Crippen LogP contribution < -0.4 is 0 Å². The first-order chi connectivity index (χ1) is 6.74. The van der Waals surface area contributed by atoms with Crippen LogP contribution in [0.1, 0.15) is 15.2 Å². The maximum atomic E-state index is 10.5. The molecule has 0 radical (unpaired) electrons. The summed E-state index contributed by atoms with van der Waals surface area (Å²) in [7, 11) is 0. The number of carbonyl (C=O) groups is 1. The molecule has 14 heavy (non-hydrogen) atoms. The number of hydrogen-bond donors (Lipinski definition) is 1. The van der Waals surface area contributed by atoms with Crippen LogP contribution in [0.25, 0.3) is 10.1 Å². The first-order valence-electron chi connectivity index (χ1n) is 3.86. The molecular formula is C10H5NO2S. The van der Waals surface area contributed by atoms with Gasteiger partial charge in [0.2, 0.25) is 0 Å². The zero-order valence-electron chi connectivity index (χ0n) is 7.02. The van der Waals surface area contributed by atoms with Crippen LogP contribution in [0.4, 0.5) is 0 Å². The van der Waals surface area contributed by atoms with Gasteiger partial charge >= 0.3 is 0 Å². The van der Waals surface area contributed by atoms with E-state index in [0.29, 0.717) is 15.8 Å². The number of phenolic OH excluding ortho intramolecular Hbond substituents is 1. The summed E-state index contributed by atoms with van der Waals surface area (Å²) in [5.41, 5.74) is 0.397. The molecule has 1 heterocycles. The molecule has 0 aliphatic rings. The highest BCUT2D eigenvalue weighted by molar-refractivity contribution is 7.20. The van der Waals surface area contributed by atoms with Crippen LogP contribution in [0.3, 0.4) is 0 Å². The molecule has 0 atom stereocenters. The van der Waals surface area contributed by atoms with E-state index in [2.05, 4.69) is 0 Å². The minimum atomic E-state index is 0.0448. The van der Waals surface area contributed by atoms with Crippen LogP contribution in [0.15, 0.2) is 18.2 Å². The third-order valence-electron chi connectivity index (χ3n) is 1.88. The largest absolute Gasteiger partial charge is 0.507 e. The number of nitriles is 1. The molecule has 68 valence electrons. The standard InChI is InChI=1S/C10H5NO2S/c11-4-6-1-9(13)8-3-7(5-12)14-10(8)2-6/h1-3,5,13H. The highest BCUT2D eigenvalue weighted by Gasteiger charge is 2.07. The summed E-state index contributed by atoms with van der Waals surface area (Å²) < 4.78 is 0.753. The maximum Gasteiger partial charge on any atom is 0.160 e. The van der Waals surface area contributed by atoms with Crippen molar-refractivity contribution in [2.75, 3.05) is 0 Å². The van der Waals surface area contributed by atoms with Crippen molar-refractivity contribution in [3.63, 3.8) is 0 Å². The molecule has 3 nitrogen and oxygen atoms in total. The number of benzene rings is 1. The Balaban J connectivity index is 2.81. The van der Waals surface area contributed by atoms with Gasteiger partial charge in [-0.1, -0.05) is 0 Å². The number of hydrogen-bond acceptors (Lipinski definition) is 4. The fourth-order valence-electron chi connectivity index (χ4n) is 1.26. The van der Waals surface area contributed by atoms with E-state index < -0.39 is 0 Å². The number of nitrogens with zero attached hydrogens (tertiary/aromatic N) is 1. The highest BCUT2D eigenvalue weighted by Crippen LogP contribution is 2.32. The second-order valence-corrected chi connectivity index (χ2v) is 3.90. The quantitative estimate of drug-likeness (QED) is 0.723. The van der Waals surface area contributed by atoms with Gasteiger partial charge in [-0.25, -0.2) is 0 Å². The van der Waals surface area contributed by atoms with E-state index in [0.717, 1.165) is 11.0 Å². The van der Waals surface area contributed by atoms with Gasteiger partial charge in [0.1, 0.15) is 5.75 Å². The van der Waals surface area contributed by atoms with E-state index >= 15 is 0 Å². The summed E-state index contributed by atoms with van der Waals surface area (Å²) in [6.07, 6.45) is 0.732. The lowest BCUT2D eigenvalue weighted by Gasteiger charge is -1.94. The van der Waals surface area contributed by atoms with Gasteiger partial charge in [0.15, 0.2) is 6.29 Å². The zero-order valence-corrected chi connectivity index (χ0v) is 7.84. The van der Waals surface area contributed by atoms with Crippen molar-refractivity contribution in [2.24, 2.45) is 0 Å². The number of thiophene rings is 1. The van der Waals surface area contributed by atoms with Crippen LogP contribution in [-0.2, 0) is 0 Å². The molecule has 0 fully saturated rings. The van der Waals surface area contributed by atoms with Crippen molar-refractivity contribution in [1.82, 2.24) is 0 Å². The maximum absolute atomic E-state index is 10.5. The van der Waals surface area contributed by atoms with Gasteiger partial charge in [-0.2, -0.15) is 5.26 Å². The van der Waals surface area contributed by atoms with Gasteiger partial charge in [0.05, 0.1) is 16.5 Å². The van der Waals surface area contributed by atoms with E-state index in [-0.39, 0.29) is 5.75 Å². The zero-order chi connectivity index (χ0) is 10.1. The predicted molar refractivity (Wildman–Crippen MR) is 53.6 cm³/mol. The molecule has 2 aromatic rings. The SMILES string of the molecule is N#Cc1cc(O)c2cc(C=O)sc2c1. The Morgan fingerprint density at radius 3 is 2.86 bits per heavy atom. The second-order valence-electron chi connectivity index (χ2n) is 2.79. The Morgan fingerprint density at radius 2 is 2.21 bits per heavy atom. The molecule has 0 spiro atoms. The number of carbonyl (C=O) groups excluding carboxylic acids is 1. The number of aromatic hydroxyl groups is 1. The van der Waals surface area contributed by atoms with E-state index in [1.54, 1.807) is 12.1 Å². The number of fused-ring (bicyclic) bond motifs is 1. The molecule has 0 saturated carbocycles. The van der Waals surface area contributed by atoms with Crippen LogP contribution in [0.2, 0.25) is 0 Å². The number of rotatable bonds is 1. The monoisotopic (exact) mass is 203 g/mol. The topological polar surface area (TPSA) is 61.1 Å². The molecule has 0 saturated heterocycles.